The summed E-state index contributed by atoms with van der Waals surface area (Å²) in [5, 5.41) is 10.8. The van der Waals surface area contributed by atoms with Crippen molar-refractivity contribution in [3.8, 4) is 0 Å². The molecule has 0 aliphatic carbocycles. The molecule has 2 aromatic rings. The Morgan fingerprint density at radius 2 is 1.79 bits per heavy atom. The van der Waals surface area contributed by atoms with Gasteiger partial charge in [-0.05, 0) is 35.4 Å². The SMILES string of the molecule is CN1C(=CC=Nc2ccc(C(=O)[O-])cc2)C(C)(C)c2ccccc21. The average molecular weight is 319 g/mol. The van der Waals surface area contributed by atoms with E-state index in [-0.39, 0.29) is 11.0 Å². The number of hydrogen-bond donors (Lipinski definition) is 0. The highest BCUT2D eigenvalue weighted by Crippen LogP contribution is 2.46. The van der Waals surface area contributed by atoms with Crippen LogP contribution in [0.3, 0.4) is 0 Å². The zero-order valence-corrected chi connectivity index (χ0v) is 14.0. The van der Waals surface area contributed by atoms with Gasteiger partial charge in [0.1, 0.15) is 0 Å². The van der Waals surface area contributed by atoms with Crippen LogP contribution in [0.5, 0.6) is 0 Å². The molecule has 4 nitrogen and oxygen atoms in total. The van der Waals surface area contributed by atoms with Gasteiger partial charge in [-0.3, -0.25) is 4.99 Å². The maximum atomic E-state index is 10.8. The van der Waals surface area contributed by atoms with Gasteiger partial charge in [0.05, 0.1) is 11.7 Å². The molecule has 122 valence electrons. The van der Waals surface area contributed by atoms with E-state index < -0.39 is 5.97 Å². The van der Waals surface area contributed by atoms with Crippen LogP contribution in [0.15, 0.2) is 65.3 Å². The van der Waals surface area contributed by atoms with Crippen molar-refractivity contribution in [2.24, 2.45) is 4.99 Å². The number of rotatable bonds is 3. The van der Waals surface area contributed by atoms with E-state index in [1.54, 1.807) is 18.3 Å². The number of aromatic carboxylic acids is 1. The monoisotopic (exact) mass is 319 g/mol. The second-order valence-electron chi connectivity index (χ2n) is 6.37. The summed E-state index contributed by atoms with van der Waals surface area (Å²) in [6.45, 7) is 4.40. The van der Waals surface area contributed by atoms with E-state index in [0.717, 1.165) is 0 Å². The Kier molecular flexibility index (Phi) is 3.97. The zero-order chi connectivity index (χ0) is 17.3. The number of carboxylic acids is 1. The minimum atomic E-state index is -1.18. The van der Waals surface area contributed by atoms with Gasteiger partial charge in [0.15, 0.2) is 0 Å². The summed E-state index contributed by atoms with van der Waals surface area (Å²) in [5.74, 6) is -1.18. The van der Waals surface area contributed by atoms with Crippen LogP contribution < -0.4 is 10.0 Å². The van der Waals surface area contributed by atoms with E-state index in [4.69, 9.17) is 0 Å². The fraction of sp³-hybridized carbons (Fsp3) is 0.200. The summed E-state index contributed by atoms with van der Waals surface area (Å²) in [6, 6.07) is 14.7. The summed E-state index contributed by atoms with van der Waals surface area (Å²) in [5.41, 5.74) is 4.44. The van der Waals surface area contributed by atoms with E-state index in [1.807, 2.05) is 12.1 Å². The Balaban J connectivity index is 1.86. The number of carboxylic acid groups (broad SMARTS) is 1. The van der Waals surface area contributed by atoms with E-state index in [9.17, 15) is 9.90 Å². The van der Waals surface area contributed by atoms with Gasteiger partial charge in [-0.25, -0.2) is 0 Å². The second-order valence-corrected chi connectivity index (χ2v) is 6.37. The van der Waals surface area contributed by atoms with Crippen molar-refractivity contribution >= 4 is 23.6 Å². The lowest BCUT2D eigenvalue weighted by molar-refractivity contribution is -0.255. The first-order valence-electron chi connectivity index (χ1n) is 7.81. The molecule has 1 aliphatic rings. The molecule has 0 saturated heterocycles. The normalized spacial score (nSPS) is 17.5. The number of hydrogen-bond acceptors (Lipinski definition) is 4. The minimum Gasteiger partial charge on any atom is -0.545 e. The Labute approximate surface area is 141 Å². The summed E-state index contributed by atoms with van der Waals surface area (Å²) in [4.78, 5) is 17.3. The molecule has 0 atom stereocenters. The molecule has 0 spiro atoms. The third kappa shape index (κ3) is 2.71. The molecule has 0 saturated carbocycles. The Hall–Kier alpha value is -2.88. The summed E-state index contributed by atoms with van der Waals surface area (Å²) >= 11 is 0. The van der Waals surface area contributed by atoms with Crippen LogP contribution in [-0.2, 0) is 5.41 Å². The molecule has 2 aromatic carbocycles. The van der Waals surface area contributed by atoms with Crippen molar-refractivity contribution in [2.75, 3.05) is 11.9 Å². The number of carbonyl (C=O) groups excluding carboxylic acids is 1. The van der Waals surface area contributed by atoms with Crippen LogP contribution in [0.1, 0.15) is 29.8 Å². The first kappa shape index (κ1) is 16.0. The lowest BCUT2D eigenvalue weighted by atomic mass is 9.84. The highest BCUT2D eigenvalue weighted by Gasteiger charge is 2.37. The van der Waals surface area contributed by atoms with Gasteiger partial charge in [0.25, 0.3) is 0 Å². The summed E-state index contributed by atoms with van der Waals surface area (Å²) < 4.78 is 0. The fourth-order valence-corrected chi connectivity index (χ4v) is 3.18. The molecular weight excluding hydrogens is 300 g/mol. The number of likely N-dealkylation sites (N-methyl/N-ethyl adjacent to an activating group) is 1. The molecule has 0 aromatic heterocycles. The highest BCUT2D eigenvalue weighted by molar-refractivity contribution is 5.86. The van der Waals surface area contributed by atoms with Crippen molar-refractivity contribution < 1.29 is 9.90 Å². The second kappa shape index (κ2) is 5.96. The van der Waals surface area contributed by atoms with E-state index in [0.29, 0.717) is 5.69 Å². The molecule has 1 aliphatic heterocycles. The van der Waals surface area contributed by atoms with Crippen molar-refractivity contribution in [3.63, 3.8) is 0 Å². The third-order valence-corrected chi connectivity index (χ3v) is 4.50. The molecule has 0 fully saturated rings. The number of para-hydroxylation sites is 1. The number of fused-ring (bicyclic) bond motifs is 1. The lowest BCUT2D eigenvalue weighted by Gasteiger charge is -2.23. The average Bonchev–Trinajstić information content (AvgIpc) is 2.76. The van der Waals surface area contributed by atoms with E-state index in [2.05, 4.69) is 49.0 Å². The number of carbonyl (C=O) groups is 1. The van der Waals surface area contributed by atoms with Gasteiger partial charge in [-0.15, -0.1) is 0 Å². The summed E-state index contributed by atoms with van der Waals surface area (Å²) in [7, 11) is 2.06. The molecule has 1 heterocycles. The molecule has 4 heteroatoms. The molecule has 0 radical (unpaired) electrons. The van der Waals surface area contributed by atoms with E-state index >= 15 is 0 Å². The Morgan fingerprint density at radius 3 is 2.42 bits per heavy atom. The van der Waals surface area contributed by atoms with Crippen LogP contribution in [-0.4, -0.2) is 19.2 Å². The standard InChI is InChI=1S/C20H20N2O2/c1-20(2)16-6-4-5-7-17(16)22(3)18(20)12-13-21-15-10-8-14(9-11-15)19(23)24/h4-13H,1-3H3,(H,23,24)/p-1. The van der Waals surface area contributed by atoms with E-state index in [1.165, 1.54) is 29.1 Å². The number of benzene rings is 2. The molecule has 3 rings (SSSR count). The minimum absolute atomic E-state index is 0.0871. The van der Waals surface area contributed by atoms with Gasteiger partial charge < -0.3 is 14.8 Å². The topological polar surface area (TPSA) is 55.7 Å². The van der Waals surface area contributed by atoms with Gasteiger partial charge in [0, 0.05) is 30.1 Å². The van der Waals surface area contributed by atoms with Crippen molar-refractivity contribution in [3.05, 3.63) is 71.4 Å². The number of allylic oxidation sites excluding steroid dienone is 2. The quantitative estimate of drug-likeness (QED) is 0.817. The molecular formula is C20H19N2O2-. The van der Waals surface area contributed by atoms with Crippen LogP contribution in [0.4, 0.5) is 11.4 Å². The van der Waals surface area contributed by atoms with Crippen molar-refractivity contribution in [1.82, 2.24) is 0 Å². The van der Waals surface area contributed by atoms with Gasteiger partial charge >= 0.3 is 0 Å². The van der Waals surface area contributed by atoms with Crippen molar-refractivity contribution in [1.29, 1.82) is 0 Å². The number of aliphatic imine (C=N–C) groups is 1. The molecule has 0 unspecified atom stereocenters. The van der Waals surface area contributed by atoms with Gasteiger partial charge in [-0.2, -0.15) is 0 Å². The Bertz CT molecular complexity index is 833. The lowest BCUT2D eigenvalue weighted by Crippen LogP contribution is -2.23. The molecule has 0 amide bonds. The third-order valence-electron chi connectivity index (χ3n) is 4.50. The largest absolute Gasteiger partial charge is 0.545 e. The molecule has 0 bridgehead atoms. The molecule has 0 N–H and O–H groups in total. The molecule has 24 heavy (non-hydrogen) atoms. The predicted molar refractivity (Wildman–Crippen MR) is 94.9 cm³/mol. The van der Waals surface area contributed by atoms with Crippen LogP contribution in [0, 0.1) is 0 Å². The maximum absolute atomic E-state index is 10.8. The van der Waals surface area contributed by atoms with Gasteiger partial charge in [0.2, 0.25) is 0 Å². The van der Waals surface area contributed by atoms with Crippen LogP contribution >= 0.6 is 0 Å². The number of anilines is 1. The highest BCUT2D eigenvalue weighted by atomic mass is 16.4. The number of nitrogens with zero attached hydrogens (tertiary/aromatic N) is 2. The van der Waals surface area contributed by atoms with Crippen LogP contribution in [0.2, 0.25) is 0 Å². The van der Waals surface area contributed by atoms with Gasteiger partial charge in [-0.1, -0.05) is 44.2 Å². The van der Waals surface area contributed by atoms with Crippen molar-refractivity contribution in [2.45, 2.75) is 19.3 Å². The van der Waals surface area contributed by atoms with Crippen LogP contribution in [0.25, 0.3) is 0 Å². The zero-order valence-electron chi connectivity index (χ0n) is 14.0. The first-order chi connectivity index (χ1) is 11.4. The Morgan fingerprint density at radius 1 is 1.12 bits per heavy atom. The predicted octanol–water partition coefficient (Wildman–Crippen LogP) is 3.06. The maximum Gasteiger partial charge on any atom is 0.0715 e. The smallest absolute Gasteiger partial charge is 0.0715 e. The fourth-order valence-electron chi connectivity index (χ4n) is 3.18. The first-order valence-corrected chi connectivity index (χ1v) is 7.81. The summed E-state index contributed by atoms with van der Waals surface area (Å²) in [6.07, 6.45) is 3.76.